The van der Waals surface area contributed by atoms with Gasteiger partial charge in [-0.1, -0.05) is 390 Å². The highest BCUT2D eigenvalue weighted by atomic mass is 31.2. The van der Waals surface area contributed by atoms with E-state index in [0.717, 1.165) is 91.2 Å². The maximum absolute atomic E-state index is 8.91. The van der Waals surface area contributed by atoms with Gasteiger partial charge in [0.05, 0.1) is 0 Å². The molecule has 0 aliphatic carbocycles. The highest BCUT2D eigenvalue weighted by Gasteiger charge is 2.55. The molecule has 3 atom stereocenters. The second kappa shape index (κ2) is 33.3. The summed E-state index contributed by atoms with van der Waals surface area (Å²) in [6.45, 7) is 6.91. The first-order valence-electron chi connectivity index (χ1n) is 32.4. The topological polar surface area (TPSA) is 27.7 Å². The van der Waals surface area contributed by atoms with Crippen LogP contribution in [0.15, 0.2) is 273 Å². The quantitative estimate of drug-likeness (QED) is 0.0289. The van der Waals surface area contributed by atoms with E-state index < -0.39 is 25.4 Å². The van der Waals surface area contributed by atoms with E-state index in [2.05, 4.69) is 294 Å². The second-order valence-electron chi connectivity index (χ2n) is 23.4. The second-order valence-corrected chi connectivity index (χ2v) is 24.4. The first-order valence-corrected chi connectivity index (χ1v) is 33.5. The summed E-state index contributed by atoms with van der Waals surface area (Å²) in [5, 5.41) is 0. The molecule has 0 aliphatic heterocycles. The van der Waals surface area contributed by atoms with E-state index in [0.29, 0.717) is 0 Å². The van der Waals surface area contributed by atoms with Gasteiger partial charge in [-0.15, -0.1) is 0 Å². The van der Waals surface area contributed by atoms with Crippen molar-refractivity contribution in [3.8, 4) is 0 Å². The number of hydrogen-bond donors (Lipinski definition) is 0. The SMILES string of the molecule is CCCCCCCC(c1ccccc1)C(OP(OC(c1ccccc1)(c1ccccc1)C(CCCCCCC)c1ccccc1)OC(c1ccccc1)(c1ccccc1)C(CCCCCCC)c1ccccc1)(c1ccccc1)c1ccccc1. The molecule has 0 spiro atoms. The summed E-state index contributed by atoms with van der Waals surface area (Å²) in [5.41, 5.74) is 6.57. The molecule has 440 valence electrons. The van der Waals surface area contributed by atoms with Gasteiger partial charge in [0.25, 0.3) is 0 Å². The molecule has 3 unspecified atom stereocenters. The molecule has 3 nitrogen and oxygen atoms in total. The summed E-state index contributed by atoms with van der Waals surface area (Å²) in [6.07, 6.45) is 19.9. The molecule has 0 bridgehead atoms. The summed E-state index contributed by atoms with van der Waals surface area (Å²) in [6, 6.07) is 100. The summed E-state index contributed by atoms with van der Waals surface area (Å²) < 4.78 is 26.7. The Morgan fingerprint density at radius 3 is 0.600 bits per heavy atom. The Kier molecular flexibility index (Phi) is 24.6. The molecule has 0 radical (unpaired) electrons. The molecule has 0 N–H and O–H groups in total. The van der Waals surface area contributed by atoms with Crippen LogP contribution in [0.4, 0.5) is 0 Å². The Morgan fingerprint density at radius 2 is 0.412 bits per heavy atom. The van der Waals surface area contributed by atoms with E-state index >= 15 is 0 Å². The minimum absolute atomic E-state index is 0.171. The lowest BCUT2D eigenvalue weighted by molar-refractivity contribution is -0.0423. The Morgan fingerprint density at radius 1 is 0.235 bits per heavy atom. The zero-order chi connectivity index (χ0) is 58.7. The van der Waals surface area contributed by atoms with Gasteiger partial charge in [0, 0.05) is 17.8 Å². The molecule has 0 fully saturated rings. The van der Waals surface area contributed by atoms with Gasteiger partial charge < -0.3 is 0 Å². The van der Waals surface area contributed by atoms with Gasteiger partial charge in [-0.2, -0.15) is 0 Å². The van der Waals surface area contributed by atoms with E-state index in [-0.39, 0.29) is 17.8 Å². The van der Waals surface area contributed by atoms with Crippen molar-refractivity contribution in [2.24, 2.45) is 0 Å². The lowest BCUT2D eigenvalue weighted by Gasteiger charge is -2.50. The highest BCUT2D eigenvalue weighted by molar-refractivity contribution is 7.41. The van der Waals surface area contributed by atoms with Gasteiger partial charge in [0.2, 0.25) is 0 Å². The molecular formula is C81H93O3P. The molecule has 0 heterocycles. The van der Waals surface area contributed by atoms with E-state index in [1.807, 2.05) is 0 Å². The molecule has 0 aromatic heterocycles. The van der Waals surface area contributed by atoms with Crippen molar-refractivity contribution >= 4 is 8.60 Å². The van der Waals surface area contributed by atoms with Crippen molar-refractivity contribution in [1.82, 2.24) is 0 Å². The van der Waals surface area contributed by atoms with Crippen LogP contribution < -0.4 is 0 Å². The normalized spacial score (nSPS) is 13.4. The van der Waals surface area contributed by atoms with Crippen LogP contribution in [0.3, 0.4) is 0 Å². The van der Waals surface area contributed by atoms with Gasteiger partial charge in [-0.25, -0.2) is 0 Å². The lowest BCUT2D eigenvalue weighted by Crippen LogP contribution is -2.43. The largest absolute Gasteiger partial charge is 0.336 e. The van der Waals surface area contributed by atoms with Gasteiger partial charge in [-0.3, -0.25) is 13.6 Å². The molecule has 9 aromatic rings. The van der Waals surface area contributed by atoms with Crippen LogP contribution in [-0.2, 0) is 30.4 Å². The molecule has 85 heavy (non-hydrogen) atoms. The summed E-state index contributed by atoms with van der Waals surface area (Å²) >= 11 is 0. The molecule has 0 amide bonds. The van der Waals surface area contributed by atoms with E-state index in [9.17, 15) is 0 Å². The smallest absolute Gasteiger partial charge is 0.295 e. The summed E-state index contributed by atoms with van der Waals surface area (Å²) in [4.78, 5) is 0. The van der Waals surface area contributed by atoms with Gasteiger partial charge in [0.15, 0.2) is 0 Å². The minimum atomic E-state index is -2.51. The first-order chi connectivity index (χ1) is 42.1. The molecular weight excluding hydrogens is 1050 g/mol. The molecule has 0 saturated heterocycles. The van der Waals surface area contributed by atoms with Crippen LogP contribution in [0.25, 0.3) is 0 Å². The predicted molar refractivity (Wildman–Crippen MR) is 359 cm³/mol. The van der Waals surface area contributed by atoms with Crippen molar-refractivity contribution in [2.45, 2.75) is 171 Å². The Hall–Kier alpha value is -6.71. The van der Waals surface area contributed by atoms with Crippen LogP contribution in [0, 0.1) is 0 Å². The van der Waals surface area contributed by atoms with Crippen molar-refractivity contribution in [2.75, 3.05) is 0 Å². The van der Waals surface area contributed by atoms with Crippen LogP contribution in [0.5, 0.6) is 0 Å². The van der Waals surface area contributed by atoms with Crippen LogP contribution in [-0.4, -0.2) is 0 Å². The van der Waals surface area contributed by atoms with Crippen molar-refractivity contribution in [3.05, 3.63) is 323 Å². The minimum Gasteiger partial charge on any atom is -0.295 e. The number of unbranched alkanes of at least 4 members (excludes halogenated alkanes) is 12. The number of hydrogen-bond acceptors (Lipinski definition) is 3. The molecule has 0 saturated carbocycles. The standard InChI is InChI=1S/C81H93O3P/c1-4-7-10-13-43-64-76(67-46-25-16-26-47-67)79(70-52-31-19-32-53-70,71-54-33-20-34-55-71)82-85(83-80(72-56-35-21-36-57-72,73-58-37-22-38-59-73)77(65-44-14-11-8-5-2)68-48-27-17-28-49-68)84-81(74-60-39-23-40-61-74,75-62-41-24-42-63-75)78(66-45-15-12-9-6-3)69-50-29-18-30-51-69/h16-42,46-63,76-78H,4-15,43-45,64-66H2,1-3H3. The fourth-order valence-electron chi connectivity index (χ4n) is 13.5. The average molecular weight is 1150 g/mol. The predicted octanol–water partition coefficient (Wildman–Crippen LogP) is 23.5. The van der Waals surface area contributed by atoms with E-state index in [4.69, 9.17) is 13.6 Å². The monoisotopic (exact) mass is 1140 g/mol. The Balaban J connectivity index is 1.42. The third-order valence-electron chi connectivity index (χ3n) is 17.7. The summed E-state index contributed by atoms with van der Waals surface area (Å²) in [7, 11) is -2.51. The highest BCUT2D eigenvalue weighted by Crippen LogP contribution is 2.67. The third-order valence-corrected chi connectivity index (χ3v) is 19.0. The van der Waals surface area contributed by atoms with Gasteiger partial charge in [0.1, 0.15) is 16.8 Å². The Bertz CT molecular complexity index is 2720. The zero-order valence-electron chi connectivity index (χ0n) is 51.1. The van der Waals surface area contributed by atoms with Crippen molar-refractivity contribution in [3.63, 3.8) is 0 Å². The van der Waals surface area contributed by atoms with Gasteiger partial charge >= 0.3 is 8.60 Å². The van der Waals surface area contributed by atoms with Crippen molar-refractivity contribution < 1.29 is 13.6 Å². The van der Waals surface area contributed by atoms with Crippen molar-refractivity contribution in [1.29, 1.82) is 0 Å². The molecule has 9 rings (SSSR count). The van der Waals surface area contributed by atoms with Crippen LogP contribution in [0.2, 0.25) is 0 Å². The first kappa shape index (κ1) is 62.8. The Labute approximate surface area is 513 Å². The lowest BCUT2D eigenvalue weighted by atomic mass is 9.71. The maximum Gasteiger partial charge on any atom is 0.336 e. The zero-order valence-corrected chi connectivity index (χ0v) is 52.0. The number of rotatable bonds is 36. The van der Waals surface area contributed by atoms with Crippen LogP contribution in [0.1, 0.15) is 204 Å². The average Bonchev–Trinajstić information content (AvgIpc) is 2.09. The molecule has 0 aliphatic rings. The molecule has 4 heteroatoms. The van der Waals surface area contributed by atoms with E-state index in [1.165, 1.54) is 74.5 Å². The maximum atomic E-state index is 8.91. The fourth-order valence-corrected chi connectivity index (χ4v) is 15.3. The van der Waals surface area contributed by atoms with Gasteiger partial charge in [-0.05, 0) is 69.3 Å². The molecule has 9 aromatic carbocycles. The summed E-state index contributed by atoms with van der Waals surface area (Å²) in [5.74, 6) is -0.514. The van der Waals surface area contributed by atoms with E-state index in [1.54, 1.807) is 0 Å². The third kappa shape index (κ3) is 15.7. The van der Waals surface area contributed by atoms with Crippen LogP contribution >= 0.6 is 8.60 Å². The number of benzene rings is 9. The fraction of sp³-hybridized carbons (Fsp3) is 0.333.